The molecule has 4 heteroatoms. The summed E-state index contributed by atoms with van der Waals surface area (Å²) in [6.45, 7) is 3.87. The molecule has 0 spiro atoms. The molecule has 0 radical (unpaired) electrons. The van der Waals surface area contributed by atoms with Gasteiger partial charge in [0.25, 0.3) is 0 Å². The first kappa shape index (κ1) is 13.9. The van der Waals surface area contributed by atoms with Gasteiger partial charge in [0.1, 0.15) is 0 Å². The average Bonchev–Trinajstić information content (AvgIpc) is 2.29. The number of likely N-dealkylation sites (N-methyl/N-ethyl adjacent to an activating group) is 1. The molecule has 1 aliphatic rings. The van der Waals surface area contributed by atoms with Crippen LogP contribution in [0.1, 0.15) is 25.7 Å². The first-order chi connectivity index (χ1) is 7.72. The second-order valence-electron chi connectivity index (χ2n) is 4.76. The Hall–Kier alpha value is -0.160. The third-order valence-corrected chi connectivity index (χ3v) is 3.30. The smallest absolute Gasteiger partial charge is 0.0589 e. The molecule has 1 rings (SSSR count). The summed E-state index contributed by atoms with van der Waals surface area (Å²) in [6, 6.07) is 0.610. The van der Waals surface area contributed by atoms with Crippen LogP contribution in [0.15, 0.2) is 0 Å². The predicted molar refractivity (Wildman–Crippen MR) is 65.6 cm³/mol. The first-order valence-electron chi connectivity index (χ1n) is 6.31. The van der Waals surface area contributed by atoms with Gasteiger partial charge >= 0.3 is 0 Å². The van der Waals surface area contributed by atoms with E-state index in [1.54, 1.807) is 7.11 Å². The minimum Gasteiger partial charge on any atom is -0.393 e. The van der Waals surface area contributed by atoms with Gasteiger partial charge in [0.15, 0.2) is 0 Å². The molecule has 0 saturated heterocycles. The van der Waals surface area contributed by atoms with Crippen molar-refractivity contribution in [3.8, 4) is 0 Å². The molecule has 0 aromatic carbocycles. The Morgan fingerprint density at radius 3 is 2.56 bits per heavy atom. The standard InChI is InChI=1S/C12H26N2O2/c1-14(9-10-16-2)8-7-13-11-3-5-12(15)6-4-11/h11-13,15H,3-10H2,1-2H3. The Morgan fingerprint density at radius 1 is 1.25 bits per heavy atom. The van der Waals surface area contributed by atoms with E-state index in [1.807, 2.05) is 0 Å². The molecule has 0 aromatic heterocycles. The molecule has 0 heterocycles. The molecule has 1 fully saturated rings. The van der Waals surface area contributed by atoms with E-state index in [0.29, 0.717) is 6.04 Å². The quantitative estimate of drug-likeness (QED) is 0.667. The number of ether oxygens (including phenoxy) is 1. The van der Waals surface area contributed by atoms with Crippen LogP contribution < -0.4 is 5.32 Å². The number of hydrogen-bond donors (Lipinski definition) is 2. The monoisotopic (exact) mass is 230 g/mol. The number of rotatable bonds is 7. The molecule has 16 heavy (non-hydrogen) atoms. The second-order valence-corrected chi connectivity index (χ2v) is 4.76. The van der Waals surface area contributed by atoms with E-state index >= 15 is 0 Å². The van der Waals surface area contributed by atoms with Gasteiger partial charge in [0.2, 0.25) is 0 Å². The Morgan fingerprint density at radius 2 is 1.94 bits per heavy atom. The van der Waals surface area contributed by atoms with Crippen molar-refractivity contribution in [1.29, 1.82) is 0 Å². The van der Waals surface area contributed by atoms with Crippen LogP contribution in [0.5, 0.6) is 0 Å². The van der Waals surface area contributed by atoms with Crippen molar-refractivity contribution in [2.75, 3.05) is 40.4 Å². The highest BCUT2D eigenvalue weighted by molar-refractivity contribution is 4.76. The van der Waals surface area contributed by atoms with Gasteiger partial charge in [-0.3, -0.25) is 0 Å². The number of hydrogen-bond acceptors (Lipinski definition) is 4. The molecule has 0 unspecified atom stereocenters. The molecule has 0 amide bonds. The van der Waals surface area contributed by atoms with Crippen molar-refractivity contribution >= 4 is 0 Å². The van der Waals surface area contributed by atoms with E-state index in [-0.39, 0.29) is 6.10 Å². The highest BCUT2D eigenvalue weighted by atomic mass is 16.5. The van der Waals surface area contributed by atoms with Crippen molar-refractivity contribution in [3.05, 3.63) is 0 Å². The van der Waals surface area contributed by atoms with Crippen molar-refractivity contribution < 1.29 is 9.84 Å². The van der Waals surface area contributed by atoms with E-state index in [1.165, 1.54) is 0 Å². The van der Waals surface area contributed by atoms with Gasteiger partial charge in [-0.25, -0.2) is 0 Å². The summed E-state index contributed by atoms with van der Waals surface area (Å²) in [5, 5.41) is 12.9. The third-order valence-electron chi connectivity index (χ3n) is 3.30. The molecule has 0 bridgehead atoms. The van der Waals surface area contributed by atoms with Crippen LogP contribution in [-0.4, -0.2) is 62.6 Å². The lowest BCUT2D eigenvalue weighted by Gasteiger charge is -2.27. The second kappa shape index (κ2) is 8.01. The van der Waals surface area contributed by atoms with Gasteiger partial charge in [0, 0.05) is 32.8 Å². The first-order valence-corrected chi connectivity index (χ1v) is 6.31. The number of nitrogens with one attached hydrogen (secondary N) is 1. The summed E-state index contributed by atoms with van der Waals surface area (Å²) in [7, 11) is 3.85. The van der Waals surface area contributed by atoms with Crippen LogP contribution in [0, 0.1) is 0 Å². The van der Waals surface area contributed by atoms with Crippen LogP contribution >= 0.6 is 0 Å². The summed E-state index contributed by atoms with van der Waals surface area (Å²) in [5.41, 5.74) is 0. The topological polar surface area (TPSA) is 44.7 Å². The number of methoxy groups -OCH3 is 1. The van der Waals surface area contributed by atoms with Crippen molar-refractivity contribution in [2.24, 2.45) is 0 Å². The third kappa shape index (κ3) is 5.80. The van der Waals surface area contributed by atoms with Gasteiger partial charge in [0.05, 0.1) is 12.7 Å². The summed E-state index contributed by atoms with van der Waals surface area (Å²) in [5.74, 6) is 0. The number of nitrogens with zero attached hydrogens (tertiary/aromatic N) is 1. The molecule has 1 saturated carbocycles. The lowest BCUT2D eigenvalue weighted by molar-refractivity contribution is 0.115. The summed E-state index contributed by atoms with van der Waals surface area (Å²) >= 11 is 0. The van der Waals surface area contributed by atoms with Crippen molar-refractivity contribution in [3.63, 3.8) is 0 Å². The molecule has 0 atom stereocenters. The molecule has 0 aromatic rings. The molecule has 96 valence electrons. The van der Waals surface area contributed by atoms with E-state index in [4.69, 9.17) is 4.74 Å². The maximum atomic E-state index is 9.39. The Bertz CT molecular complexity index is 170. The van der Waals surface area contributed by atoms with Crippen LogP contribution in [0.25, 0.3) is 0 Å². The van der Waals surface area contributed by atoms with Gasteiger partial charge in [-0.05, 0) is 32.7 Å². The Labute approximate surface area is 99.0 Å². The van der Waals surface area contributed by atoms with E-state index in [9.17, 15) is 5.11 Å². The molecule has 1 aliphatic carbocycles. The molecule has 0 aliphatic heterocycles. The number of aliphatic hydroxyl groups is 1. The molecular weight excluding hydrogens is 204 g/mol. The van der Waals surface area contributed by atoms with Crippen molar-refractivity contribution in [1.82, 2.24) is 10.2 Å². The fourth-order valence-corrected chi connectivity index (χ4v) is 2.10. The predicted octanol–water partition coefficient (Wildman–Crippen LogP) is 0.458. The summed E-state index contributed by atoms with van der Waals surface area (Å²) in [4.78, 5) is 2.27. The van der Waals surface area contributed by atoms with Gasteiger partial charge in [-0.1, -0.05) is 0 Å². The molecule has 2 N–H and O–H groups in total. The van der Waals surface area contributed by atoms with Crippen molar-refractivity contribution in [2.45, 2.75) is 37.8 Å². The van der Waals surface area contributed by atoms with E-state index in [0.717, 1.165) is 51.9 Å². The number of aliphatic hydroxyl groups excluding tert-OH is 1. The highest BCUT2D eigenvalue weighted by Crippen LogP contribution is 2.17. The zero-order valence-electron chi connectivity index (χ0n) is 10.6. The Balaban J connectivity index is 1.98. The van der Waals surface area contributed by atoms with E-state index < -0.39 is 0 Å². The summed E-state index contributed by atoms with van der Waals surface area (Å²) in [6.07, 6.45) is 4.09. The average molecular weight is 230 g/mol. The zero-order valence-corrected chi connectivity index (χ0v) is 10.6. The van der Waals surface area contributed by atoms with Crippen LogP contribution in [0.2, 0.25) is 0 Å². The zero-order chi connectivity index (χ0) is 11.8. The minimum absolute atomic E-state index is 0.0533. The maximum absolute atomic E-state index is 9.39. The van der Waals surface area contributed by atoms with Crippen LogP contribution in [0.3, 0.4) is 0 Å². The SMILES string of the molecule is COCCN(C)CCNC1CCC(O)CC1. The summed E-state index contributed by atoms with van der Waals surface area (Å²) < 4.78 is 5.03. The Kier molecular flexibility index (Phi) is 6.96. The van der Waals surface area contributed by atoms with Crippen LogP contribution in [0.4, 0.5) is 0 Å². The minimum atomic E-state index is -0.0533. The molecular formula is C12H26N2O2. The lowest BCUT2D eigenvalue weighted by Crippen LogP contribution is -2.39. The van der Waals surface area contributed by atoms with Crippen LogP contribution in [-0.2, 0) is 4.74 Å². The van der Waals surface area contributed by atoms with Gasteiger partial charge in [-0.2, -0.15) is 0 Å². The largest absolute Gasteiger partial charge is 0.393 e. The fraction of sp³-hybridized carbons (Fsp3) is 1.00. The molecule has 4 nitrogen and oxygen atoms in total. The van der Waals surface area contributed by atoms with Gasteiger partial charge in [-0.15, -0.1) is 0 Å². The van der Waals surface area contributed by atoms with Gasteiger partial charge < -0.3 is 20.1 Å². The fourth-order valence-electron chi connectivity index (χ4n) is 2.10. The maximum Gasteiger partial charge on any atom is 0.0589 e. The normalized spacial score (nSPS) is 26.2. The highest BCUT2D eigenvalue weighted by Gasteiger charge is 2.18. The van der Waals surface area contributed by atoms with E-state index in [2.05, 4.69) is 17.3 Å². The lowest BCUT2D eigenvalue weighted by atomic mass is 9.93.